The average Bonchev–Trinajstić information content (AvgIpc) is 2.95. The molecule has 2 aliphatic rings. The SMILES string of the molecule is CC(C)(C)[Si]1(C(C)(C)C)OC[C@H]2O[C@@H](n3cc(C=O)c(N)nc3=O)C[C@@H]2O1. The van der Waals surface area contributed by atoms with E-state index in [0.717, 1.165) is 0 Å². The van der Waals surface area contributed by atoms with Crippen molar-refractivity contribution in [2.45, 2.75) is 76.5 Å². The normalized spacial score (nSPS) is 28.0. The Morgan fingerprint density at radius 3 is 2.41 bits per heavy atom. The quantitative estimate of drug-likeness (QED) is 0.605. The van der Waals surface area contributed by atoms with Gasteiger partial charge in [-0.2, -0.15) is 4.98 Å². The van der Waals surface area contributed by atoms with Gasteiger partial charge in [-0.05, 0) is 0 Å². The number of rotatable bonds is 2. The molecule has 1 aromatic heterocycles. The van der Waals surface area contributed by atoms with Gasteiger partial charge < -0.3 is 19.3 Å². The van der Waals surface area contributed by atoms with Gasteiger partial charge in [0.2, 0.25) is 0 Å². The summed E-state index contributed by atoms with van der Waals surface area (Å²) in [5.74, 6) is -0.0758. The fourth-order valence-corrected chi connectivity index (χ4v) is 9.26. The topological polar surface area (TPSA) is 106 Å². The second kappa shape index (κ2) is 6.51. The number of aromatic nitrogens is 2. The van der Waals surface area contributed by atoms with Crippen molar-refractivity contribution in [3.63, 3.8) is 0 Å². The van der Waals surface area contributed by atoms with Crippen molar-refractivity contribution in [2.24, 2.45) is 0 Å². The van der Waals surface area contributed by atoms with Crippen LogP contribution >= 0.6 is 0 Å². The Kier molecular flexibility index (Phi) is 4.87. The zero-order valence-corrected chi connectivity index (χ0v) is 17.8. The van der Waals surface area contributed by atoms with Gasteiger partial charge in [0.15, 0.2) is 6.29 Å². The first-order valence-corrected chi connectivity index (χ1v) is 11.0. The maximum Gasteiger partial charge on any atom is 0.351 e. The molecule has 0 radical (unpaired) electrons. The van der Waals surface area contributed by atoms with Gasteiger partial charge in [-0.15, -0.1) is 0 Å². The summed E-state index contributed by atoms with van der Waals surface area (Å²) in [7, 11) is -2.60. The molecule has 3 heterocycles. The zero-order valence-electron chi connectivity index (χ0n) is 16.8. The van der Waals surface area contributed by atoms with Crippen molar-refractivity contribution in [3.05, 3.63) is 22.2 Å². The van der Waals surface area contributed by atoms with Crippen LogP contribution in [0.3, 0.4) is 0 Å². The molecule has 27 heavy (non-hydrogen) atoms. The van der Waals surface area contributed by atoms with Crippen LogP contribution in [0.5, 0.6) is 0 Å². The smallest absolute Gasteiger partial charge is 0.351 e. The third-order valence-electron chi connectivity index (χ3n) is 5.37. The number of nitrogens with two attached hydrogens (primary N) is 1. The summed E-state index contributed by atoms with van der Waals surface area (Å²) < 4.78 is 20.4. The number of carbonyl (C=O) groups is 1. The maximum absolute atomic E-state index is 12.3. The molecule has 3 rings (SSSR count). The van der Waals surface area contributed by atoms with Gasteiger partial charge >= 0.3 is 14.3 Å². The average molecular weight is 396 g/mol. The predicted octanol–water partition coefficient (Wildman–Crippen LogP) is 2.38. The van der Waals surface area contributed by atoms with Crippen LogP contribution in [-0.4, -0.2) is 43.2 Å². The van der Waals surface area contributed by atoms with E-state index >= 15 is 0 Å². The van der Waals surface area contributed by atoms with Crippen LogP contribution in [0.1, 0.15) is 64.5 Å². The minimum Gasteiger partial charge on any atom is -0.391 e. The number of anilines is 1. The minimum atomic E-state index is -2.60. The van der Waals surface area contributed by atoms with Gasteiger partial charge in [0.05, 0.1) is 18.3 Å². The molecule has 2 N–H and O–H groups in total. The highest BCUT2D eigenvalue weighted by Crippen LogP contribution is 2.55. The van der Waals surface area contributed by atoms with E-state index in [1.165, 1.54) is 10.8 Å². The second-order valence-electron chi connectivity index (χ2n) is 9.34. The summed E-state index contributed by atoms with van der Waals surface area (Å²) in [6, 6.07) is 0. The lowest BCUT2D eigenvalue weighted by Crippen LogP contribution is -2.64. The van der Waals surface area contributed by atoms with Crippen LogP contribution in [0.25, 0.3) is 0 Å². The zero-order chi connectivity index (χ0) is 20.2. The molecule has 0 saturated carbocycles. The summed E-state index contributed by atoms with van der Waals surface area (Å²) in [5.41, 5.74) is 5.23. The van der Waals surface area contributed by atoms with Crippen molar-refractivity contribution in [1.82, 2.24) is 9.55 Å². The van der Waals surface area contributed by atoms with Crippen LogP contribution in [0, 0.1) is 0 Å². The first-order chi connectivity index (χ1) is 12.4. The number of carbonyl (C=O) groups excluding carboxylic acids is 1. The van der Waals surface area contributed by atoms with Crippen molar-refractivity contribution >= 4 is 20.7 Å². The van der Waals surface area contributed by atoms with Gasteiger partial charge in [0, 0.05) is 22.7 Å². The van der Waals surface area contributed by atoms with E-state index in [0.29, 0.717) is 19.3 Å². The summed E-state index contributed by atoms with van der Waals surface area (Å²) in [6.45, 7) is 13.4. The first-order valence-electron chi connectivity index (χ1n) is 9.21. The van der Waals surface area contributed by atoms with Crippen LogP contribution in [0.15, 0.2) is 11.0 Å². The van der Waals surface area contributed by atoms with Gasteiger partial charge in [0.25, 0.3) is 0 Å². The van der Waals surface area contributed by atoms with E-state index < -0.39 is 20.5 Å². The molecule has 0 aromatic carbocycles. The van der Waals surface area contributed by atoms with E-state index in [4.69, 9.17) is 19.3 Å². The van der Waals surface area contributed by atoms with Gasteiger partial charge in [-0.25, -0.2) is 4.79 Å². The lowest BCUT2D eigenvalue weighted by atomic mass is 10.2. The summed E-state index contributed by atoms with van der Waals surface area (Å²) in [6.07, 6.45) is 1.49. The van der Waals surface area contributed by atoms with Gasteiger partial charge in [0.1, 0.15) is 18.1 Å². The Hall–Kier alpha value is -1.55. The number of aldehydes is 1. The summed E-state index contributed by atoms with van der Waals surface area (Å²) in [5, 5.41) is -0.253. The number of hydrogen-bond donors (Lipinski definition) is 1. The molecule has 150 valence electrons. The number of hydrogen-bond acceptors (Lipinski definition) is 7. The van der Waals surface area contributed by atoms with Crippen molar-refractivity contribution < 1.29 is 18.4 Å². The molecule has 0 bridgehead atoms. The van der Waals surface area contributed by atoms with Crippen molar-refractivity contribution in [2.75, 3.05) is 12.3 Å². The van der Waals surface area contributed by atoms with E-state index in [1.54, 1.807) is 0 Å². The van der Waals surface area contributed by atoms with Gasteiger partial charge in [-0.3, -0.25) is 9.36 Å². The Morgan fingerprint density at radius 1 is 1.22 bits per heavy atom. The van der Waals surface area contributed by atoms with E-state index in [1.807, 2.05) is 0 Å². The third kappa shape index (κ3) is 3.26. The Balaban J connectivity index is 1.90. The van der Waals surface area contributed by atoms with Crippen LogP contribution in [-0.2, 0) is 13.6 Å². The molecular weight excluding hydrogens is 366 g/mol. The second-order valence-corrected chi connectivity index (χ2v) is 14.1. The molecule has 8 nitrogen and oxygen atoms in total. The van der Waals surface area contributed by atoms with Crippen molar-refractivity contribution in [1.29, 1.82) is 0 Å². The molecule has 3 atom stereocenters. The predicted molar refractivity (Wildman–Crippen MR) is 103 cm³/mol. The minimum absolute atomic E-state index is 0.0758. The number of nitrogen functional groups attached to an aromatic ring is 1. The Morgan fingerprint density at radius 2 is 1.85 bits per heavy atom. The molecule has 0 unspecified atom stereocenters. The van der Waals surface area contributed by atoms with Crippen LogP contribution in [0.4, 0.5) is 5.82 Å². The Bertz CT molecular complexity index is 782. The summed E-state index contributed by atoms with van der Waals surface area (Å²) in [4.78, 5) is 27.1. The molecular formula is C18H29N3O5Si. The molecule has 9 heteroatoms. The van der Waals surface area contributed by atoms with Gasteiger partial charge in [-0.1, -0.05) is 41.5 Å². The van der Waals surface area contributed by atoms with E-state index in [2.05, 4.69) is 46.5 Å². The number of fused-ring (bicyclic) bond motifs is 1. The largest absolute Gasteiger partial charge is 0.391 e. The standard InChI is InChI=1S/C18H29N3O5Si/c1-17(2,3)27(18(4,5)6)24-10-13-12(26-27)7-14(25-13)21-8-11(9-22)15(19)20-16(21)23/h8-9,12-14H,7,10H2,1-6H3,(H2,19,20,23)/t12-,13+,14+/m0/s1. The Labute approximate surface area is 160 Å². The van der Waals surface area contributed by atoms with Crippen LogP contribution < -0.4 is 11.4 Å². The maximum atomic E-state index is 12.3. The van der Waals surface area contributed by atoms with Crippen LogP contribution in [0.2, 0.25) is 10.1 Å². The summed E-state index contributed by atoms with van der Waals surface area (Å²) >= 11 is 0. The molecule has 0 spiro atoms. The lowest BCUT2D eigenvalue weighted by molar-refractivity contribution is -0.0808. The lowest BCUT2D eigenvalue weighted by Gasteiger charge is -2.53. The highest BCUT2D eigenvalue weighted by Gasteiger charge is 2.63. The number of nitrogens with zero attached hydrogens (tertiary/aromatic N) is 2. The molecule has 1 aromatic rings. The molecule has 2 saturated heterocycles. The highest BCUT2D eigenvalue weighted by atomic mass is 28.4. The fraction of sp³-hybridized carbons (Fsp3) is 0.722. The molecule has 2 fully saturated rings. The molecule has 0 aliphatic carbocycles. The van der Waals surface area contributed by atoms with E-state index in [-0.39, 0.29) is 33.7 Å². The fourth-order valence-electron chi connectivity index (χ4n) is 4.30. The molecule has 2 aliphatic heterocycles. The third-order valence-corrected chi connectivity index (χ3v) is 10.5. The first kappa shape index (κ1) is 20.2. The highest BCUT2D eigenvalue weighted by molar-refractivity contribution is 6.73. The number of ether oxygens (including phenoxy) is 1. The van der Waals surface area contributed by atoms with E-state index in [9.17, 15) is 9.59 Å². The molecule has 0 amide bonds. The van der Waals surface area contributed by atoms with Crippen molar-refractivity contribution in [3.8, 4) is 0 Å². The monoisotopic (exact) mass is 395 g/mol.